The van der Waals surface area contributed by atoms with E-state index in [9.17, 15) is 19.2 Å². The maximum absolute atomic E-state index is 13.9. The minimum absolute atomic E-state index is 0.103. The van der Waals surface area contributed by atoms with Crippen molar-refractivity contribution in [2.75, 3.05) is 19.6 Å². The molecule has 1 heterocycles. The minimum atomic E-state index is -0.990. The second-order valence-corrected chi connectivity index (χ2v) is 13.3. The molecule has 2 aromatic rings. The molecule has 1 aliphatic heterocycles. The number of rotatable bonds is 14. The number of ether oxygens (including phenoxy) is 1. The summed E-state index contributed by atoms with van der Waals surface area (Å²) in [5, 5.41) is 13.4. The second kappa shape index (κ2) is 15.9. The summed E-state index contributed by atoms with van der Waals surface area (Å²) in [6.07, 6.45) is 6.77. The third-order valence-corrected chi connectivity index (χ3v) is 8.78. The minimum Gasteiger partial charge on any atom is -0.490 e. The van der Waals surface area contributed by atoms with E-state index in [4.69, 9.17) is 14.7 Å². The van der Waals surface area contributed by atoms with Gasteiger partial charge in [0.25, 0.3) is 0 Å². The van der Waals surface area contributed by atoms with Crippen LogP contribution in [0.15, 0.2) is 54.6 Å². The number of hydrogen-bond acceptors (Lipinski definition) is 6. The van der Waals surface area contributed by atoms with E-state index < -0.39 is 23.3 Å². The van der Waals surface area contributed by atoms with Crippen molar-refractivity contribution < 1.29 is 33.9 Å². The number of likely N-dealkylation sites (tertiary alicyclic amines) is 1. The Morgan fingerprint density at radius 1 is 1.00 bits per heavy atom. The van der Waals surface area contributed by atoms with Crippen molar-refractivity contribution in [1.29, 1.82) is 0 Å². The lowest BCUT2D eigenvalue weighted by molar-refractivity contribution is -0.182. The monoisotopic (exact) mass is 621 g/mol. The highest BCUT2D eigenvalue weighted by molar-refractivity contribution is 5.89. The first-order valence-electron chi connectivity index (χ1n) is 16.0. The molecule has 2 fully saturated rings. The van der Waals surface area contributed by atoms with Crippen LogP contribution in [0.5, 0.6) is 5.75 Å². The Balaban J connectivity index is 1.38. The van der Waals surface area contributed by atoms with Gasteiger partial charge in [-0.15, -0.1) is 0 Å². The molecule has 1 saturated heterocycles. The number of nitrogens with zero attached hydrogens (tertiary/aromatic N) is 2. The zero-order chi connectivity index (χ0) is 32.4. The molecule has 0 bridgehead atoms. The highest BCUT2D eigenvalue weighted by atomic mass is 16.7. The molecular formula is C35H47N3O7. The van der Waals surface area contributed by atoms with Gasteiger partial charge in [0.15, 0.2) is 0 Å². The van der Waals surface area contributed by atoms with Crippen LogP contribution in [0.25, 0.3) is 0 Å². The number of amides is 3. The highest BCUT2D eigenvalue weighted by Crippen LogP contribution is 2.32. The molecule has 10 nitrogen and oxygen atoms in total. The molecule has 244 valence electrons. The van der Waals surface area contributed by atoms with E-state index in [1.165, 1.54) is 17.2 Å². The standard InChI is InChI=1S/C35H47N3O7/c1-35(2,3)31(33(41)37-19-17-30(18-20-37)45-29-15-13-27(14-16-29)34(42)43)36-32(40)28(21-25-9-7-8-10-25)22-38(24-39)44-23-26-11-5-4-6-12-26/h4-6,11-16,24-25,28,30-31H,7-10,17-23H2,1-3H3,(H,36,40)(H,42,43)/t28?,31-/m1/s1. The fraction of sp³-hybridized carbons (Fsp3) is 0.543. The number of benzene rings is 2. The maximum Gasteiger partial charge on any atom is 0.335 e. The van der Waals surface area contributed by atoms with E-state index >= 15 is 0 Å². The molecule has 3 amide bonds. The van der Waals surface area contributed by atoms with Gasteiger partial charge in [0.2, 0.25) is 18.2 Å². The van der Waals surface area contributed by atoms with Crippen molar-refractivity contribution in [2.24, 2.45) is 17.3 Å². The Hall–Kier alpha value is -3.92. The molecule has 2 aromatic carbocycles. The number of hydroxylamine groups is 2. The molecule has 0 radical (unpaired) electrons. The number of carboxylic acid groups (broad SMARTS) is 1. The van der Waals surface area contributed by atoms with Crippen LogP contribution in [-0.4, -0.2) is 71.0 Å². The topological polar surface area (TPSA) is 125 Å². The van der Waals surface area contributed by atoms with Crippen molar-refractivity contribution >= 4 is 24.2 Å². The lowest BCUT2D eigenvalue weighted by Crippen LogP contribution is -2.58. The van der Waals surface area contributed by atoms with E-state index in [0.29, 0.717) is 50.4 Å². The van der Waals surface area contributed by atoms with Gasteiger partial charge in [0, 0.05) is 25.9 Å². The molecule has 4 rings (SSSR count). The summed E-state index contributed by atoms with van der Waals surface area (Å²) in [7, 11) is 0. The predicted molar refractivity (Wildman–Crippen MR) is 169 cm³/mol. The van der Waals surface area contributed by atoms with E-state index in [2.05, 4.69) is 5.32 Å². The molecule has 1 saturated carbocycles. The number of hydrogen-bond donors (Lipinski definition) is 2. The smallest absolute Gasteiger partial charge is 0.335 e. The van der Waals surface area contributed by atoms with E-state index in [1.54, 1.807) is 17.0 Å². The van der Waals surface area contributed by atoms with Crippen LogP contribution in [0.1, 0.15) is 81.6 Å². The molecule has 2 N–H and O–H groups in total. The first-order chi connectivity index (χ1) is 21.5. The van der Waals surface area contributed by atoms with Gasteiger partial charge in [-0.25, -0.2) is 9.86 Å². The summed E-state index contributed by atoms with van der Waals surface area (Å²) in [4.78, 5) is 58.4. The maximum atomic E-state index is 13.9. The molecular weight excluding hydrogens is 574 g/mol. The molecule has 45 heavy (non-hydrogen) atoms. The Morgan fingerprint density at radius 3 is 2.22 bits per heavy atom. The fourth-order valence-corrected chi connectivity index (χ4v) is 6.14. The Bertz CT molecular complexity index is 1260. The van der Waals surface area contributed by atoms with Gasteiger partial charge in [-0.3, -0.25) is 19.2 Å². The quantitative estimate of drug-likeness (QED) is 0.223. The van der Waals surface area contributed by atoms with Gasteiger partial charge in [-0.2, -0.15) is 0 Å². The number of nitrogens with one attached hydrogen (secondary N) is 1. The van der Waals surface area contributed by atoms with Crippen LogP contribution >= 0.6 is 0 Å². The van der Waals surface area contributed by atoms with Gasteiger partial charge < -0.3 is 20.1 Å². The largest absolute Gasteiger partial charge is 0.490 e. The van der Waals surface area contributed by atoms with Crippen LogP contribution in [0.4, 0.5) is 0 Å². The summed E-state index contributed by atoms with van der Waals surface area (Å²) in [5.74, 6) is -0.892. The molecule has 2 atom stereocenters. The Labute approximate surface area is 266 Å². The van der Waals surface area contributed by atoms with Gasteiger partial charge in [0.05, 0.1) is 18.0 Å². The number of carbonyl (C=O) groups excluding carboxylic acids is 3. The van der Waals surface area contributed by atoms with Crippen molar-refractivity contribution in [1.82, 2.24) is 15.3 Å². The van der Waals surface area contributed by atoms with Crippen LogP contribution < -0.4 is 10.1 Å². The zero-order valence-corrected chi connectivity index (χ0v) is 26.7. The second-order valence-electron chi connectivity index (χ2n) is 13.3. The van der Waals surface area contributed by atoms with Crippen LogP contribution in [0.3, 0.4) is 0 Å². The van der Waals surface area contributed by atoms with Gasteiger partial charge >= 0.3 is 5.97 Å². The summed E-state index contributed by atoms with van der Waals surface area (Å²) in [5.41, 5.74) is 0.574. The SMILES string of the molecule is CC(C)(C)[C@H](NC(=O)C(CC1CCCC1)CN(C=O)OCc1ccccc1)C(=O)N1CCC(Oc2ccc(C(=O)O)cc2)CC1. The summed E-state index contributed by atoms with van der Waals surface area (Å²) in [6.45, 7) is 7.12. The average Bonchev–Trinajstić information content (AvgIpc) is 3.55. The average molecular weight is 622 g/mol. The lowest BCUT2D eigenvalue weighted by atomic mass is 9.84. The number of aromatic carboxylic acids is 1. The first kappa shape index (κ1) is 34.0. The summed E-state index contributed by atoms with van der Waals surface area (Å²) in [6, 6.07) is 15.1. The van der Waals surface area contributed by atoms with E-state index in [1.807, 2.05) is 51.1 Å². The van der Waals surface area contributed by atoms with Gasteiger partial charge in [-0.05, 0) is 47.6 Å². The van der Waals surface area contributed by atoms with Crippen LogP contribution in [0, 0.1) is 17.3 Å². The van der Waals surface area contributed by atoms with Crippen LogP contribution in [-0.2, 0) is 25.8 Å². The lowest BCUT2D eigenvalue weighted by Gasteiger charge is -2.39. The van der Waals surface area contributed by atoms with E-state index in [-0.39, 0.29) is 36.6 Å². The molecule has 0 aromatic heterocycles. The van der Waals surface area contributed by atoms with Crippen molar-refractivity contribution in [3.63, 3.8) is 0 Å². The fourth-order valence-electron chi connectivity index (χ4n) is 6.14. The van der Waals surface area contributed by atoms with Crippen molar-refractivity contribution in [2.45, 2.75) is 84.5 Å². The van der Waals surface area contributed by atoms with Crippen molar-refractivity contribution in [3.05, 3.63) is 65.7 Å². The normalized spacial score (nSPS) is 17.4. The van der Waals surface area contributed by atoms with Crippen molar-refractivity contribution in [3.8, 4) is 5.75 Å². The molecule has 0 spiro atoms. The molecule has 2 aliphatic rings. The first-order valence-corrected chi connectivity index (χ1v) is 16.0. The van der Waals surface area contributed by atoms with Crippen LogP contribution in [0.2, 0.25) is 0 Å². The Morgan fingerprint density at radius 2 is 1.64 bits per heavy atom. The Kier molecular flexibility index (Phi) is 12.0. The van der Waals surface area contributed by atoms with E-state index in [0.717, 1.165) is 31.2 Å². The number of carbonyl (C=O) groups is 4. The third-order valence-electron chi connectivity index (χ3n) is 8.78. The predicted octanol–water partition coefficient (Wildman–Crippen LogP) is 5.07. The van der Waals surface area contributed by atoms with Gasteiger partial charge in [0.1, 0.15) is 24.5 Å². The molecule has 10 heteroatoms. The summed E-state index contributed by atoms with van der Waals surface area (Å²) >= 11 is 0. The molecule has 1 unspecified atom stereocenters. The summed E-state index contributed by atoms with van der Waals surface area (Å²) < 4.78 is 6.06. The zero-order valence-electron chi connectivity index (χ0n) is 26.7. The highest BCUT2D eigenvalue weighted by Gasteiger charge is 2.39. The number of carboxylic acids is 1. The molecule has 1 aliphatic carbocycles. The number of piperidine rings is 1. The third kappa shape index (κ3) is 10.0. The van der Waals surface area contributed by atoms with Gasteiger partial charge in [-0.1, -0.05) is 76.8 Å².